The highest BCUT2D eigenvalue weighted by Crippen LogP contribution is 2.41. The van der Waals surface area contributed by atoms with Crippen LogP contribution < -0.4 is 0 Å². The molecule has 2 atom stereocenters. The lowest BCUT2D eigenvalue weighted by Gasteiger charge is -2.32. The SMILES string of the molecule is C=C.CC.[CH2]C.[CH2]CC.[CH2]c1c(C(C)(C)C)cc(C([CH2])C2=C(C)CC(C)C=C2C)cc1C(C)(C)C. The van der Waals surface area contributed by atoms with E-state index >= 15 is 0 Å². The molecule has 0 fully saturated rings. The van der Waals surface area contributed by atoms with Crippen molar-refractivity contribution >= 4 is 0 Å². The Balaban J connectivity index is -0.00000101. The maximum atomic E-state index is 4.61. The van der Waals surface area contributed by atoms with Gasteiger partial charge in [0.2, 0.25) is 0 Å². The predicted octanol–water partition coefficient (Wildman–Crippen LogP) is 11.6. The van der Waals surface area contributed by atoms with E-state index in [4.69, 9.17) is 0 Å². The Morgan fingerprint density at radius 1 is 0.914 bits per heavy atom. The minimum atomic E-state index is 0.0716. The third-order valence-corrected chi connectivity index (χ3v) is 5.69. The molecule has 0 amide bonds. The monoisotopic (exact) mass is 480 g/mol. The summed E-state index contributed by atoms with van der Waals surface area (Å²) in [5.41, 5.74) is 9.67. The molecule has 0 aromatic heterocycles. The second-order valence-electron chi connectivity index (χ2n) is 10.9. The van der Waals surface area contributed by atoms with E-state index in [9.17, 15) is 0 Å². The van der Waals surface area contributed by atoms with Crippen LogP contribution in [0.2, 0.25) is 0 Å². The van der Waals surface area contributed by atoms with Gasteiger partial charge in [-0.15, -0.1) is 13.2 Å². The Morgan fingerprint density at radius 3 is 1.54 bits per heavy atom. The molecule has 0 aliphatic heterocycles. The molecular weight excluding hydrogens is 420 g/mol. The fourth-order valence-electron chi connectivity index (χ4n) is 4.48. The topological polar surface area (TPSA) is 0 Å². The summed E-state index contributed by atoms with van der Waals surface area (Å²) in [6.45, 7) is 50.1. The van der Waals surface area contributed by atoms with Crippen LogP contribution in [-0.2, 0) is 10.8 Å². The Kier molecular flexibility index (Phi) is 19.3. The Hall–Kier alpha value is -1.56. The van der Waals surface area contributed by atoms with Crippen LogP contribution in [0.5, 0.6) is 0 Å². The van der Waals surface area contributed by atoms with Crippen LogP contribution in [0.25, 0.3) is 0 Å². The highest BCUT2D eigenvalue weighted by molar-refractivity contribution is 5.53. The average molecular weight is 481 g/mol. The number of allylic oxidation sites excluding steroid dienone is 4. The van der Waals surface area contributed by atoms with Crippen LogP contribution in [0.3, 0.4) is 0 Å². The lowest BCUT2D eigenvalue weighted by Crippen LogP contribution is -2.21. The summed E-state index contributed by atoms with van der Waals surface area (Å²) >= 11 is 0. The zero-order chi connectivity index (χ0) is 28.7. The van der Waals surface area contributed by atoms with Crippen LogP contribution >= 0.6 is 0 Å². The molecule has 0 saturated carbocycles. The molecule has 200 valence electrons. The zero-order valence-electron chi connectivity index (χ0n) is 26.0. The van der Waals surface area contributed by atoms with Crippen LogP contribution in [0.15, 0.2) is 48.1 Å². The summed E-state index contributed by atoms with van der Waals surface area (Å²) in [6, 6.07) is 4.72. The summed E-state index contributed by atoms with van der Waals surface area (Å²) in [4.78, 5) is 0. The van der Waals surface area contributed by atoms with E-state index in [-0.39, 0.29) is 16.7 Å². The predicted molar refractivity (Wildman–Crippen MR) is 166 cm³/mol. The molecule has 1 aliphatic rings. The van der Waals surface area contributed by atoms with Crippen molar-refractivity contribution < 1.29 is 0 Å². The molecule has 35 heavy (non-hydrogen) atoms. The number of rotatable bonds is 2. The van der Waals surface area contributed by atoms with Gasteiger partial charge < -0.3 is 0 Å². The molecule has 1 aromatic carbocycles. The fraction of sp³-hybridized carbons (Fsp3) is 0.543. The normalized spacial score (nSPS) is 16.0. The van der Waals surface area contributed by atoms with Crippen LogP contribution in [0.1, 0.15) is 131 Å². The van der Waals surface area contributed by atoms with Crippen molar-refractivity contribution in [2.75, 3.05) is 0 Å². The number of hydrogen-bond donors (Lipinski definition) is 0. The van der Waals surface area contributed by atoms with Crippen LogP contribution in [-0.4, -0.2) is 0 Å². The van der Waals surface area contributed by atoms with Crippen molar-refractivity contribution in [3.05, 3.63) is 98.0 Å². The summed E-state index contributed by atoms with van der Waals surface area (Å²) in [5.74, 6) is 0.796. The summed E-state index contributed by atoms with van der Waals surface area (Å²) in [6.07, 6.45) is 4.55. The summed E-state index contributed by atoms with van der Waals surface area (Å²) < 4.78 is 0. The molecule has 4 radical (unpaired) electrons. The van der Waals surface area contributed by atoms with Crippen LogP contribution in [0.4, 0.5) is 0 Å². The van der Waals surface area contributed by atoms with Gasteiger partial charge in [-0.05, 0) is 78.7 Å². The van der Waals surface area contributed by atoms with Crippen molar-refractivity contribution in [2.24, 2.45) is 5.92 Å². The Bertz CT molecular complexity index is 736. The second kappa shape index (κ2) is 17.8. The van der Waals surface area contributed by atoms with Gasteiger partial charge in [-0.1, -0.05) is 126 Å². The third kappa shape index (κ3) is 11.8. The standard InChI is InChI=1S/C26H38.C3H7.C2H6.C2H5.C2H4/c1-16-12-17(2)24(18(3)13-16)19(4)21-14-22(25(6,7)8)20(5)23(15-21)26(9,10)11;1-3-2;3*1-2/h12,14-16,19H,4-5,13H2,1-3,6-11H3;1,3H2,2H3;1-2H3;1H2,2H3;1-2H2. The van der Waals surface area contributed by atoms with Gasteiger partial charge in [0.15, 0.2) is 0 Å². The maximum Gasteiger partial charge on any atom is 0.00918 e. The minimum Gasteiger partial charge on any atom is -0.106 e. The van der Waals surface area contributed by atoms with Crippen molar-refractivity contribution in [1.82, 2.24) is 0 Å². The number of hydrogen-bond acceptors (Lipinski definition) is 0. The Morgan fingerprint density at radius 2 is 1.26 bits per heavy atom. The molecule has 2 rings (SSSR count). The zero-order valence-corrected chi connectivity index (χ0v) is 26.0. The summed E-state index contributed by atoms with van der Waals surface area (Å²) in [7, 11) is 0. The van der Waals surface area contributed by atoms with Gasteiger partial charge in [-0.2, -0.15) is 0 Å². The highest BCUT2D eigenvalue weighted by Gasteiger charge is 2.27. The first-order valence-electron chi connectivity index (χ1n) is 13.4. The minimum absolute atomic E-state index is 0.0716. The van der Waals surface area contributed by atoms with Crippen LogP contribution in [0, 0.1) is 33.6 Å². The van der Waals surface area contributed by atoms with Crippen molar-refractivity contribution in [1.29, 1.82) is 0 Å². The van der Waals surface area contributed by atoms with Crippen molar-refractivity contribution in [2.45, 2.75) is 120 Å². The molecule has 0 bridgehead atoms. The first kappa shape index (κ1) is 38.0. The van der Waals surface area contributed by atoms with E-state index in [1.54, 1.807) is 6.92 Å². The molecule has 0 N–H and O–H groups in total. The lowest BCUT2D eigenvalue weighted by atomic mass is 9.72. The fourth-order valence-corrected chi connectivity index (χ4v) is 4.48. The van der Waals surface area contributed by atoms with Gasteiger partial charge in [0.25, 0.3) is 0 Å². The van der Waals surface area contributed by atoms with E-state index < -0.39 is 0 Å². The van der Waals surface area contributed by atoms with E-state index in [1.807, 2.05) is 20.8 Å². The molecule has 0 saturated heterocycles. The molecule has 1 aliphatic carbocycles. The van der Waals surface area contributed by atoms with Gasteiger partial charge in [-0.25, -0.2) is 0 Å². The third-order valence-electron chi connectivity index (χ3n) is 5.69. The maximum absolute atomic E-state index is 4.61. The quantitative estimate of drug-likeness (QED) is 0.369. The van der Waals surface area contributed by atoms with Gasteiger partial charge in [-0.3, -0.25) is 0 Å². The molecule has 2 unspecified atom stereocenters. The Labute approximate surface area is 223 Å². The molecule has 0 spiro atoms. The van der Waals surface area contributed by atoms with Gasteiger partial charge in [0, 0.05) is 5.92 Å². The van der Waals surface area contributed by atoms with E-state index in [0.29, 0.717) is 5.92 Å². The largest absolute Gasteiger partial charge is 0.106 e. The first-order chi connectivity index (χ1) is 16.1. The van der Waals surface area contributed by atoms with Gasteiger partial charge in [0.05, 0.1) is 0 Å². The smallest absolute Gasteiger partial charge is 0.00918 e. The second-order valence-corrected chi connectivity index (χ2v) is 10.9. The van der Waals surface area contributed by atoms with Crippen molar-refractivity contribution in [3.8, 4) is 0 Å². The van der Waals surface area contributed by atoms with Gasteiger partial charge >= 0.3 is 0 Å². The van der Waals surface area contributed by atoms with E-state index in [1.165, 1.54) is 39.0 Å². The molecule has 0 nitrogen and oxygen atoms in total. The van der Waals surface area contributed by atoms with E-state index in [2.05, 4.69) is 121 Å². The lowest BCUT2D eigenvalue weighted by molar-refractivity contribution is 0.562. The summed E-state index contributed by atoms with van der Waals surface area (Å²) in [5, 5.41) is 0. The van der Waals surface area contributed by atoms with Gasteiger partial charge in [0.1, 0.15) is 0 Å². The highest BCUT2D eigenvalue weighted by atomic mass is 14.3. The first-order valence-corrected chi connectivity index (χ1v) is 13.4. The van der Waals surface area contributed by atoms with E-state index in [0.717, 1.165) is 12.8 Å². The average Bonchev–Trinajstić information content (AvgIpc) is 2.76. The molecule has 0 heteroatoms. The number of benzene rings is 1. The molecule has 0 heterocycles. The molecular formula is C35H60. The molecule has 1 aromatic rings. The van der Waals surface area contributed by atoms with Crippen molar-refractivity contribution in [3.63, 3.8) is 0 Å².